The summed E-state index contributed by atoms with van der Waals surface area (Å²) < 4.78 is 0. The van der Waals surface area contributed by atoms with Crippen molar-refractivity contribution in [2.45, 2.75) is 18.3 Å². The van der Waals surface area contributed by atoms with Crippen molar-refractivity contribution < 1.29 is 15.0 Å². The first-order valence-corrected chi connectivity index (χ1v) is 9.66. The van der Waals surface area contributed by atoms with Crippen LogP contribution in [0.4, 0.5) is 0 Å². The number of phenols is 2. The summed E-state index contributed by atoms with van der Waals surface area (Å²) in [5.41, 5.74) is 0.566. The van der Waals surface area contributed by atoms with Crippen LogP contribution in [-0.2, 0) is 10.2 Å². The van der Waals surface area contributed by atoms with E-state index in [0.29, 0.717) is 12.8 Å². The molecular formula is C26H22O3. The zero-order chi connectivity index (χ0) is 20.3. The lowest BCUT2D eigenvalue weighted by atomic mass is 9.61. The van der Waals surface area contributed by atoms with Crippen LogP contribution in [0.25, 0.3) is 0 Å². The van der Waals surface area contributed by atoms with Crippen LogP contribution >= 0.6 is 0 Å². The maximum Gasteiger partial charge on any atom is 0.148 e. The van der Waals surface area contributed by atoms with Gasteiger partial charge in [-0.3, -0.25) is 4.79 Å². The SMILES string of the molecule is O=C(CC[C]1[CH][CH][CH][CH]1)C([C]1[CH][CH][CH][CH]1)(c1ccc(O)cc1)c1ccc(O)cc1. The highest BCUT2D eigenvalue weighted by molar-refractivity contribution is 5.98. The summed E-state index contributed by atoms with van der Waals surface area (Å²) in [4.78, 5) is 13.9. The molecule has 3 heteroatoms. The van der Waals surface area contributed by atoms with Crippen molar-refractivity contribution in [3.8, 4) is 11.5 Å². The summed E-state index contributed by atoms with van der Waals surface area (Å²) in [5.74, 6) is 2.38. The third kappa shape index (κ3) is 3.92. The molecule has 2 N–H and O–H groups in total. The maximum atomic E-state index is 13.9. The van der Waals surface area contributed by atoms with Crippen LogP contribution in [0.15, 0.2) is 48.5 Å². The summed E-state index contributed by atoms with van der Waals surface area (Å²) in [6, 6.07) is 13.6. The zero-order valence-electron chi connectivity index (χ0n) is 16.0. The molecule has 2 aliphatic rings. The Labute approximate surface area is 173 Å². The molecule has 0 aromatic heterocycles. The molecule has 29 heavy (non-hydrogen) atoms. The van der Waals surface area contributed by atoms with Gasteiger partial charge in [-0.1, -0.05) is 24.3 Å². The Hall–Kier alpha value is -2.29. The first kappa shape index (κ1) is 20.0. The van der Waals surface area contributed by atoms with Gasteiger partial charge < -0.3 is 10.2 Å². The predicted molar refractivity (Wildman–Crippen MR) is 112 cm³/mol. The predicted octanol–water partition coefficient (Wildman–Crippen LogP) is 4.54. The lowest BCUT2D eigenvalue weighted by Crippen LogP contribution is -2.42. The van der Waals surface area contributed by atoms with Gasteiger partial charge in [0.15, 0.2) is 0 Å². The van der Waals surface area contributed by atoms with Crippen molar-refractivity contribution >= 4 is 5.78 Å². The molecule has 0 bridgehead atoms. The van der Waals surface area contributed by atoms with Gasteiger partial charge in [-0.2, -0.15) is 0 Å². The minimum absolute atomic E-state index is 0.0706. The minimum atomic E-state index is -1.02. The van der Waals surface area contributed by atoms with Gasteiger partial charge >= 0.3 is 0 Å². The molecule has 0 spiro atoms. The summed E-state index contributed by atoms with van der Waals surface area (Å²) in [6.45, 7) is 0. The molecule has 0 unspecified atom stereocenters. The van der Waals surface area contributed by atoms with Gasteiger partial charge in [0.05, 0.1) is 5.41 Å². The summed E-state index contributed by atoms with van der Waals surface area (Å²) in [6.07, 6.45) is 16.8. The van der Waals surface area contributed by atoms with Crippen molar-refractivity contribution in [1.82, 2.24) is 0 Å². The normalized spacial score (nSPS) is 18.3. The van der Waals surface area contributed by atoms with E-state index >= 15 is 0 Å². The molecule has 2 aliphatic carbocycles. The Morgan fingerprint density at radius 2 is 1.14 bits per heavy atom. The van der Waals surface area contributed by atoms with Gasteiger partial charge in [0, 0.05) is 12.3 Å². The third-order valence-electron chi connectivity index (χ3n) is 5.49. The van der Waals surface area contributed by atoms with Gasteiger partial charge in [-0.25, -0.2) is 0 Å². The van der Waals surface area contributed by atoms with E-state index in [1.54, 1.807) is 48.5 Å². The topological polar surface area (TPSA) is 57.5 Å². The molecule has 0 amide bonds. The number of hydrogen-bond acceptors (Lipinski definition) is 3. The van der Waals surface area contributed by atoms with E-state index in [4.69, 9.17) is 0 Å². The number of rotatable bonds is 7. The zero-order valence-corrected chi connectivity index (χ0v) is 16.0. The van der Waals surface area contributed by atoms with E-state index in [1.165, 1.54) is 0 Å². The smallest absolute Gasteiger partial charge is 0.148 e. The Balaban J connectivity index is 1.78. The lowest BCUT2D eigenvalue weighted by molar-refractivity contribution is -0.122. The van der Waals surface area contributed by atoms with E-state index in [2.05, 4.69) is 0 Å². The molecule has 0 atom stereocenters. The fraction of sp³-hybridized carbons (Fsp3) is 0.115. The van der Waals surface area contributed by atoms with Crippen molar-refractivity contribution in [3.05, 3.63) is 123 Å². The molecule has 10 radical (unpaired) electrons. The summed E-state index contributed by atoms with van der Waals surface area (Å²) >= 11 is 0. The molecule has 2 aromatic rings. The molecule has 0 saturated heterocycles. The van der Waals surface area contributed by atoms with Gasteiger partial charge in [-0.15, -0.1) is 0 Å². The van der Waals surface area contributed by atoms with Gasteiger partial charge in [0.25, 0.3) is 0 Å². The second kappa shape index (κ2) is 8.61. The summed E-state index contributed by atoms with van der Waals surface area (Å²) in [5, 5.41) is 19.6. The molecule has 0 aliphatic heterocycles. The number of phenolic OH excluding ortho intramolecular Hbond substituents is 2. The minimum Gasteiger partial charge on any atom is -0.508 e. The van der Waals surface area contributed by atoms with E-state index in [0.717, 1.165) is 23.0 Å². The highest BCUT2D eigenvalue weighted by Gasteiger charge is 2.49. The van der Waals surface area contributed by atoms with E-state index < -0.39 is 5.41 Å². The largest absolute Gasteiger partial charge is 0.508 e. The molecule has 2 saturated carbocycles. The Morgan fingerprint density at radius 3 is 1.62 bits per heavy atom. The van der Waals surface area contributed by atoms with Crippen LogP contribution in [-0.4, -0.2) is 16.0 Å². The third-order valence-corrected chi connectivity index (χ3v) is 5.49. The number of carbonyl (C=O) groups excluding carboxylic acids is 1. The molecule has 4 rings (SSSR count). The van der Waals surface area contributed by atoms with Crippen LogP contribution in [0.3, 0.4) is 0 Å². The van der Waals surface area contributed by atoms with Crippen LogP contribution in [0, 0.1) is 63.2 Å². The van der Waals surface area contributed by atoms with Gasteiger partial charge in [0.2, 0.25) is 0 Å². The van der Waals surface area contributed by atoms with Crippen molar-refractivity contribution in [3.63, 3.8) is 0 Å². The maximum absolute atomic E-state index is 13.9. The molecular weight excluding hydrogens is 360 g/mol. The van der Waals surface area contributed by atoms with Crippen LogP contribution in [0.2, 0.25) is 0 Å². The van der Waals surface area contributed by atoms with Crippen molar-refractivity contribution in [2.24, 2.45) is 0 Å². The second-order valence-electron chi connectivity index (χ2n) is 7.23. The number of ketones is 1. The molecule has 144 valence electrons. The highest BCUT2D eigenvalue weighted by Crippen LogP contribution is 2.49. The fourth-order valence-electron chi connectivity index (χ4n) is 4.06. The second-order valence-corrected chi connectivity index (χ2v) is 7.23. The van der Waals surface area contributed by atoms with Crippen LogP contribution < -0.4 is 0 Å². The first-order chi connectivity index (χ1) is 14.1. The number of carbonyl (C=O) groups is 1. The monoisotopic (exact) mass is 382 g/mol. The Morgan fingerprint density at radius 1 is 0.690 bits per heavy atom. The molecule has 0 heterocycles. The molecule has 2 fully saturated rings. The van der Waals surface area contributed by atoms with Gasteiger partial charge in [-0.05, 0) is 99.1 Å². The summed E-state index contributed by atoms with van der Waals surface area (Å²) in [7, 11) is 0. The van der Waals surface area contributed by atoms with E-state index in [1.807, 2.05) is 51.4 Å². The lowest BCUT2D eigenvalue weighted by Gasteiger charge is -2.39. The van der Waals surface area contributed by atoms with Crippen molar-refractivity contribution in [2.75, 3.05) is 0 Å². The number of aromatic hydroxyl groups is 2. The van der Waals surface area contributed by atoms with E-state index in [-0.39, 0.29) is 17.3 Å². The number of hydrogen-bond donors (Lipinski definition) is 2. The molecule has 3 nitrogen and oxygen atoms in total. The van der Waals surface area contributed by atoms with Gasteiger partial charge in [0.1, 0.15) is 17.3 Å². The number of benzene rings is 2. The highest BCUT2D eigenvalue weighted by atomic mass is 16.3. The van der Waals surface area contributed by atoms with Crippen LogP contribution in [0.1, 0.15) is 24.0 Å². The number of Topliss-reactive ketones (excluding diaryl/α,β-unsaturated/α-hetero) is 1. The quantitative estimate of drug-likeness (QED) is 0.739. The first-order valence-electron chi connectivity index (χ1n) is 9.66. The standard InChI is InChI=1S/C26H22O3/c27-23-14-10-21(11-15-23)26(20-7-3-4-8-20,22-12-16-24(28)17-13-22)25(29)18-9-19-5-1-2-6-19/h1-8,10-17,27-28H,9,18H2. The Kier molecular flexibility index (Phi) is 5.94. The fourth-order valence-corrected chi connectivity index (χ4v) is 4.06. The average molecular weight is 382 g/mol. The Bertz CT molecular complexity index is 765. The van der Waals surface area contributed by atoms with E-state index in [9.17, 15) is 15.0 Å². The average Bonchev–Trinajstić information content (AvgIpc) is 3.44. The van der Waals surface area contributed by atoms with Crippen molar-refractivity contribution in [1.29, 1.82) is 0 Å². The molecule has 2 aromatic carbocycles. The van der Waals surface area contributed by atoms with Crippen LogP contribution in [0.5, 0.6) is 11.5 Å².